The van der Waals surface area contributed by atoms with Crippen LogP contribution in [0.4, 0.5) is 4.39 Å². The maximum Gasteiger partial charge on any atom is 0.127 e. The van der Waals surface area contributed by atoms with Gasteiger partial charge < -0.3 is 5.32 Å². The highest BCUT2D eigenvalue weighted by atomic mass is 19.1. The van der Waals surface area contributed by atoms with Gasteiger partial charge in [-0.2, -0.15) is 0 Å². The molecular weight excluding hydrogens is 189 g/mol. The zero-order valence-corrected chi connectivity index (χ0v) is 8.80. The number of halogens is 1. The predicted octanol–water partition coefficient (Wildman–Crippen LogP) is 3.13. The molecule has 1 N–H and O–H groups in total. The summed E-state index contributed by atoms with van der Waals surface area (Å²) in [6, 6.07) is 5.92. The van der Waals surface area contributed by atoms with Gasteiger partial charge in [-0.05, 0) is 49.8 Å². The predicted molar refractivity (Wildman–Crippen MR) is 58.4 cm³/mol. The van der Waals surface area contributed by atoms with E-state index in [1.165, 1.54) is 18.4 Å². The molecule has 1 nitrogen and oxygen atoms in total. The van der Waals surface area contributed by atoms with Crippen LogP contribution in [0.2, 0.25) is 0 Å². The van der Waals surface area contributed by atoms with Crippen LogP contribution in [0.5, 0.6) is 0 Å². The van der Waals surface area contributed by atoms with E-state index in [1.807, 2.05) is 6.07 Å². The standard InChI is InChI=1S/C13H16FN/c14-12-6-5-10(9-3-4-9)8-11(12)13-2-1-7-15-13/h5-6,8-9,13,15H,1-4,7H2. The second-order valence-electron chi connectivity index (χ2n) is 4.70. The average molecular weight is 205 g/mol. The first kappa shape index (κ1) is 9.34. The van der Waals surface area contributed by atoms with E-state index in [4.69, 9.17) is 0 Å². The monoisotopic (exact) mass is 205 g/mol. The largest absolute Gasteiger partial charge is 0.310 e. The van der Waals surface area contributed by atoms with Crippen molar-refractivity contribution in [3.8, 4) is 0 Å². The Morgan fingerprint density at radius 3 is 2.73 bits per heavy atom. The van der Waals surface area contributed by atoms with E-state index >= 15 is 0 Å². The molecule has 2 fully saturated rings. The molecular formula is C13H16FN. The van der Waals surface area contributed by atoms with Crippen LogP contribution >= 0.6 is 0 Å². The van der Waals surface area contributed by atoms with Gasteiger partial charge in [0.05, 0.1) is 0 Å². The first-order chi connectivity index (χ1) is 7.34. The van der Waals surface area contributed by atoms with Crippen LogP contribution in [-0.4, -0.2) is 6.54 Å². The van der Waals surface area contributed by atoms with Crippen molar-refractivity contribution in [1.82, 2.24) is 5.32 Å². The van der Waals surface area contributed by atoms with Crippen molar-refractivity contribution in [2.75, 3.05) is 6.54 Å². The summed E-state index contributed by atoms with van der Waals surface area (Å²) in [6.07, 6.45) is 4.80. The summed E-state index contributed by atoms with van der Waals surface area (Å²) >= 11 is 0. The topological polar surface area (TPSA) is 12.0 Å². The Hall–Kier alpha value is -0.890. The highest BCUT2D eigenvalue weighted by Crippen LogP contribution is 2.41. The van der Waals surface area contributed by atoms with E-state index in [0.717, 1.165) is 24.9 Å². The molecule has 15 heavy (non-hydrogen) atoms. The summed E-state index contributed by atoms with van der Waals surface area (Å²) < 4.78 is 13.7. The van der Waals surface area contributed by atoms with E-state index in [1.54, 1.807) is 6.07 Å². The molecule has 2 heteroatoms. The van der Waals surface area contributed by atoms with Crippen LogP contribution in [0.1, 0.15) is 48.8 Å². The number of rotatable bonds is 2. The smallest absolute Gasteiger partial charge is 0.127 e. The second kappa shape index (κ2) is 3.60. The maximum absolute atomic E-state index is 13.7. The van der Waals surface area contributed by atoms with Crippen LogP contribution in [0, 0.1) is 5.82 Å². The summed E-state index contributed by atoms with van der Waals surface area (Å²) in [7, 11) is 0. The zero-order chi connectivity index (χ0) is 10.3. The van der Waals surface area contributed by atoms with Crippen molar-refractivity contribution in [2.24, 2.45) is 0 Å². The molecule has 2 aliphatic rings. The molecule has 1 aliphatic heterocycles. The van der Waals surface area contributed by atoms with Crippen molar-refractivity contribution in [2.45, 2.75) is 37.6 Å². The molecule has 80 valence electrons. The van der Waals surface area contributed by atoms with Gasteiger partial charge in [-0.25, -0.2) is 4.39 Å². The van der Waals surface area contributed by atoms with Gasteiger partial charge in [0, 0.05) is 11.6 Å². The van der Waals surface area contributed by atoms with E-state index < -0.39 is 0 Å². The quantitative estimate of drug-likeness (QED) is 0.782. The molecule has 3 rings (SSSR count). The molecule has 1 heterocycles. The Labute approximate surface area is 89.7 Å². The van der Waals surface area contributed by atoms with Gasteiger partial charge >= 0.3 is 0 Å². The Balaban J connectivity index is 1.93. The normalized spacial score (nSPS) is 25.8. The van der Waals surface area contributed by atoms with Gasteiger partial charge in [0.25, 0.3) is 0 Å². The highest BCUT2D eigenvalue weighted by Gasteiger charge is 2.26. The minimum absolute atomic E-state index is 0.0428. The third-order valence-electron chi connectivity index (χ3n) is 3.50. The Bertz CT molecular complexity index is 365. The van der Waals surface area contributed by atoms with Crippen molar-refractivity contribution in [1.29, 1.82) is 0 Å². The number of nitrogens with one attached hydrogen (secondary N) is 1. The van der Waals surface area contributed by atoms with Crippen LogP contribution in [0.25, 0.3) is 0 Å². The van der Waals surface area contributed by atoms with Crippen molar-refractivity contribution >= 4 is 0 Å². The Kier molecular flexibility index (Phi) is 2.24. The van der Waals surface area contributed by atoms with E-state index in [0.29, 0.717) is 5.92 Å². The molecule has 0 spiro atoms. The molecule has 0 amide bonds. The first-order valence-electron chi connectivity index (χ1n) is 5.87. The van der Waals surface area contributed by atoms with Crippen LogP contribution in [0.3, 0.4) is 0 Å². The van der Waals surface area contributed by atoms with Crippen molar-refractivity contribution in [3.63, 3.8) is 0 Å². The molecule has 1 saturated carbocycles. The first-order valence-corrected chi connectivity index (χ1v) is 5.87. The lowest BCUT2D eigenvalue weighted by Crippen LogP contribution is -2.14. The van der Waals surface area contributed by atoms with Crippen molar-refractivity contribution < 1.29 is 4.39 Å². The van der Waals surface area contributed by atoms with E-state index in [-0.39, 0.29) is 11.9 Å². The number of hydrogen-bond donors (Lipinski definition) is 1. The molecule has 1 aliphatic carbocycles. The second-order valence-corrected chi connectivity index (χ2v) is 4.70. The van der Waals surface area contributed by atoms with Crippen LogP contribution in [-0.2, 0) is 0 Å². The zero-order valence-electron chi connectivity index (χ0n) is 8.80. The summed E-state index contributed by atoms with van der Waals surface area (Å²) in [4.78, 5) is 0. The molecule has 1 aromatic carbocycles. The number of hydrogen-bond acceptors (Lipinski definition) is 1. The van der Waals surface area contributed by atoms with Gasteiger partial charge in [-0.3, -0.25) is 0 Å². The molecule has 0 bridgehead atoms. The van der Waals surface area contributed by atoms with Gasteiger partial charge in [-0.15, -0.1) is 0 Å². The van der Waals surface area contributed by atoms with E-state index in [9.17, 15) is 4.39 Å². The average Bonchev–Trinajstić information content (AvgIpc) is 2.95. The summed E-state index contributed by atoms with van der Waals surface area (Å²) in [6.45, 7) is 1.03. The fourth-order valence-electron chi connectivity index (χ4n) is 2.45. The van der Waals surface area contributed by atoms with Gasteiger partial charge in [-0.1, -0.05) is 12.1 Å². The molecule has 1 atom stereocenters. The lowest BCUT2D eigenvalue weighted by Gasteiger charge is -2.13. The lowest BCUT2D eigenvalue weighted by atomic mass is 10.00. The summed E-state index contributed by atoms with van der Waals surface area (Å²) in [5.41, 5.74) is 2.22. The minimum Gasteiger partial charge on any atom is -0.310 e. The fraction of sp³-hybridized carbons (Fsp3) is 0.538. The molecule has 1 saturated heterocycles. The fourth-order valence-corrected chi connectivity index (χ4v) is 2.45. The molecule has 0 aromatic heterocycles. The molecule has 0 radical (unpaired) electrons. The third-order valence-corrected chi connectivity index (χ3v) is 3.50. The Morgan fingerprint density at radius 2 is 2.07 bits per heavy atom. The van der Waals surface area contributed by atoms with Crippen LogP contribution in [0.15, 0.2) is 18.2 Å². The maximum atomic E-state index is 13.7. The Morgan fingerprint density at radius 1 is 1.20 bits per heavy atom. The van der Waals surface area contributed by atoms with Gasteiger partial charge in [0.1, 0.15) is 5.82 Å². The molecule has 1 aromatic rings. The number of benzene rings is 1. The summed E-state index contributed by atoms with van der Waals surface area (Å²) in [5.74, 6) is 0.671. The highest BCUT2D eigenvalue weighted by molar-refractivity contribution is 5.32. The van der Waals surface area contributed by atoms with E-state index in [2.05, 4.69) is 11.4 Å². The lowest BCUT2D eigenvalue weighted by molar-refractivity contribution is 0.557. The summed E-state index contributed by atoms with van der Waals surface area (Å²) in [5, 5.41) is 3.36. The SMILES string of the molecule is Fc1ccc(C2CC2)cc1C1CCCN1. The van der Waals surface area contributed by atoms with Crippen molar-refractivity contribution in [3.05, 3.63) is 35.1 Å². The molecule has 1 unspecified atom stereocenters. The van der Waals surface area contributed by atoms with Gasteiger partial charge in [0.2, 0.25) is 0 Å². The minimum atomic E-state index is -0.0428. The third kappa shape index (κ3) is 1.78. The van der Waals surface area contributed by atoms with Gasteiger partial charge in [0.15, 0.2) is 0 Å². The van der Waals surface area contributed by atoms with Crippen LogP contribution < -0.4 is 5.32 Å².